The maximum absolute atomic E-state index is 12.6. The third-order valence-electron chi connectivity index (χ3n) is 3.47. The highest BCUT2D eigenvalue weighted by Gasteiger charge is 2.26. The minimum Gasteiger partial charge on any atom is -0.378 e. The van der Waals surface area contributed by atoms with Gasteiger partial charge < -0.3 is 10.1 Å². The zero-order valence-electron chi connectivity index (χ0n) is 12.2. The summed E-state index contributed by atoms with van der Waals surface area (Å²) in [6.45, 7) is 3.18. The highest BCUT2D eigenvalue weighted by atomic mass is 79.9. The van der Waals surface area contributed by atoms with Crippen LogP contribution in [0.3, 0.4) is 0 Å². The quantitative estimate of drug-likeness (QED) is 0.824. The Morgan fingerprint density at radius 3 is 2.86 bits per heavy atom. The van der Waals surface area contributed by atoms with Gasteiger partial charge in [0.2, 0.25) is 10.0 Å². The van der Waals surface area contributed by atoms with Crippen molar-refractivity contribution in [1.29, 1.82) is 0 Å². The van der Waals surface area contributed by atoms with Gasteiger partial charge in [-0.15, -0.1) is 0 Å². The number of sulfonamides is 1. The molecule has 2 rings (SSSR count). The van der Waals surface area contributed by atoms with E-state index in [1.165, 1.54) is 0 Å². The molecule has 0 aromatic heterocycles. The Hall–Kier alpha value is -0.470. The van der Waals surface area contributed by atoms with Gasteiger partial charge in [-0.2, -0.15) is 0 Å². The minimum atomic E-state index is -3.54. The van der Waals surface area contributed by atoms with Crippen molar-refractivity contribution >= 4 is 26.0 Å². The Kier molecular flexibility index (Phi) is 5.79. The maximum atomic E-state index is 12.6. The monoisotopic (exact) mass is 376 g/mol. The topological polar surface area (TPSA) is 67.4 Å². The first-order valence-corrected chi connectivity index (χ1v) is 9.27. The van der Waals surface area contributed by atoms with E-state index in [4.69, 9.17) is 4.74 Å². The van der Waals surface area contributed by atoms with Crippen LogP contribution in [0.5, 0.6) is 0 Å². The number of halogens is 1. The van der Waals surface area contributed by atoms with Gasteiger partial charge in [0.05, 0.1) is 11.0 Å². The summed E-state index contributed by atoms with van der Waals surface area (Å²) in [5.41, 5.74) is 0.932. The van der Waals surface area contributed by atoms with Gasteiger partial charge in [-0.05, 0) is 60.4 Å². The molecule has 1 aromatic rings. The van der Waals surface area contributed by atoms with E-state index in [1.54, 1.807) is 12.1 Å². The van der Waals surface area contributed by atoms with Crippen molar-refractivity contribution in [2.75, 3.05) is 13.7 Å². The van der Waals surface area contributed by atoms with Crippen molar-refractivity contribution in [2.45, 2.75) is 43.4 Å². The number of rotatable bonds is 5. The second-order valence-electron chi connectivity index (χ2n) is 5.32. The molecule has 0 aliphatic carbocycles. The summed E-state index contributed by atoms with van der Waals surface area (Å²) in [5.74, 6) is 0. The molecule has 1 heterocycles. The molecule has 7 heteroatoms. The largest absolute Gasteiger partial charge is 0.378 e. The van der Waals surface area contributed by atoms with E-state index in [1.807, 2.05) is 20.0 Å². The Bertz CT molecular complexity index is 592. The molecule has 0 spiro atoms. The van der Waals surface area contributed by atoms with E-state index >= 15 is 0 Å². The van der Waals surface area contributed by atoms with Crippen LogP contribution in [0.4, 0.5) is 0 Å². The van der Waals surface area contributed by atoms with Crippen LogP contribution in [0.2, 0.25) is 0 Å². The zero-order chi connectivity index (χ0) is 15.5. The van der Waals surface area contributed by atoms with Gasteiger partial charge in [0.15, 0.2) is 0 Å². The van der Waals surface area contributed by atoms with Crippen LogP contribution >= 0.6 is 15.9 Å². The summed E-state index contributed by atoms with van der Waals surface area (Å²) in [6, 6.07) is 5.30. The predicted molar refractivity (Wildman–Crippen MR) is 85.7 cm³/mol. The minimum absolute atomic E-state index is 0.0707. The highest BCUT2D eigenvalue weighted by molar-refractivity contribution is 9.10. The maximum Gasteiger partial charge on any atom is 0.241 e. The van der Waals surface area contributed by atoms with Crippen LogP contribution in [-0.4, -0.2) is 34.2 Å². The Morgan fingerprint density at radius 2 is 2.19 bits per heavy atom. The lowest BCUT2D eigenvalue weighted by atomic mass is 10.1. The lowest BCUT2D eigenvalue weighted by Crippen LogP contribution is -2.41. The Labute approximate surface area is 134 Å². The van der Waals surface area contributed by atoms with Crippen molar-refractivity contribution in [2.24, 2.45) is 0 Å². The Balaban J connectivity index is 2.20. The van der Waals surface area contributed by atoms with E-state index in [0.717, 1.165) is 5.56 Å². The molecular formula is C14H21BrN2O3S. The van der Waals surface area contributed by atoms with E-state index in [0.29, 0.717) is 30.5 Å². The van der Waals surface area contributed by atoms with Crippen molar-refractivity contribution < 1.29 is 13.2 Å². The molecular weight excluding hydrogens is 356 g/mol. The smallest absolute Gasteiger partial charge is 0.241 e. The van der Waals surface area contributed by atoms with Crippen molar-refractivity contribution in [3.05, 3.63) is 28.2 Å². The average molecular weight is 377 g/mol. The second-order valence-corrected chi connectivity index (χ2v) is 7.86. The number of hydrogen-bond acceptors (Lipinski definition) is 4. The molecule has 1 aromatic carbocycles. The van der Waals surface area contributed by atoms with Crippen LogP contribution in [0, 0.1) is 0 Å². The summed E-state index contributed by atoms with van der Waals surface area (Å²) in [5, 5.41) is 3.02. The van der Waals surface area contributed by atoms with Crippen LogP contribution in [-0.2, 0) is 21.3 Å². The van der Waals surface area contributed by atoms with Crippen molar-refractivity contribution in [3.8, 4) is 0 Å². The molecule has 0 bridgehead atoms. The first kappa shape index (κ1) is 16.9. The van der Waals surface area contributed by atoms with Crippen molar-refractivity contribution in [3.63, 3.8) is 0 Å². The summed E-state index contributed by atoms with van der Waals surface area (Å²) in [7, 11) is -1.70. The molecule has 1 fully saturated rings. The van der Waals surface area contributed by atoms with Crippen molar-refractivity contribution in [1.82, 2.24) is 10.0 Å². The molecule has 118 valence electrons. The molecule has 0 amide bonds. The fourth-order valence-corrected chi connectivity index (χ4v) is 4.75. The predicted octanol–water partition coefficient (Wildman–Crippen LogP) is 2.01. The molecule has 1 saturated heterocycles. The zero-order valence-corrected chi connectivity index (χ0v) is 14.6. The number of nitrogens with one attached hydrogen (secondary N) is 2. The van der Waals surface area contributed by atoms with Gasteiger partial charge in [-0.1, -0.05) is 6.07 Å². The molecule has 2 N–H and O–H groups in total. The third-order valence-corrected chi connectivity index (χ3v) is 5.99. The summed E-state index contributed by atoms with van der Waals surface area (Å²) >= 11 is 3.33. The fraction of sp³-hybridized carbons (Fsp3) is 0.571. The van der Waals surface area contributed by atoms with Crippen LogP contribution in [0.15, 0.2) is 27.6 Å². The van der Waals surface area contributed by atoms with Gasteiger partial charge in [0, 0.05) is 23.7 Å². The molecule has 2 atom stereocenters. The van der Waals surface area contributed by atoms with E-state index < -0.39 is 10.0 Å². The third kappa shape index (κ3) is 4.50. The van der Waals surface area contributed by atoms with Gasteiger partial charge in [0.25, 0.3) is 0 Å². The average Bonchev–Trinajstić information content (AvgIpc) is 2.40. The van der Waals surface area contributed by atoms with Gasteiger partial charge >= 0.3 is 0 Å². The molecule has 5 nitrogen and oxygen atoms in total. The SMILES string of the molecule is CNCc1ccc(Br)c(S(=O)(=O)NC2CCOC(C)C2)c1. The first-order valence-electron chi connectivity index (χ1n) is 6.99. The van der Waals surface area contributed by atoms with Gasteiger partial charge in [0.1, 0.15) is 0 Å². The molecule has 21 heavy (non-hydrogen) atoms. The van der Waals surface area contributed by atoms with Crippen LogP contribution < -0.4 is 10.0 Å². The van der Waals surface area contributed by atoms with E-state index in [9.17, 15) is 8.42 Å². The van der Waals surface area contributed by atoms with Crippen LogP contribution in [0.25, 0.3) is 0 Å². The van der Waals surface area contributed by atoms with Gasteiger partial charge in [-0.25, -0.2) is 13.1 Å². The molecule has 0 saturated carbocycles. The summed E-state index contributed by atoms with van der Waals surface area (Å²) < 4.78 is 34.0. The normalized spacial score (nSPS) is 23.2. The first-order chi connectivity index (χ1) is 9.92. The summed E-state index contributed by atoms with van der Waals surface area (Å²) in [4.78, 5) is 0.286. The molecule has 0 radical (unpaired) electrons. The Morgan fingerprint density at radius 1 is 1.43 bits per heavy atom. The van der Waals surface area contributed by atoms with Crippen LogP contribution in [0.1, 0.15) is 25.3 Å². The molecule has 1 aliphatic heterocycles. The van der Waals surface area contributed by atoms with Gasteiger partial charge in [-0.3, -0.25) is 0 Å². The molecule has 1 aliphatic rings. The second kappa shape index (κ2) is 7.19. The lowest BCUT2D eigenvalue weighted by molar-refractivity contribution is 0.0173. The molecule has 2 unspecified atom stereocenters. The highest BCUT2D eigenvalue weighted by Crippen LogP contribution is 2.24. The standard InChI is InChI=1S/C14H21BrN2O3S/c1-10-7-12(5-6-20-10)17-21(18,19)14-8-11(9-16-2)3-4-13(14)15/h3-4,8,10,12,16-17H,5-7,9H2,1-2H3. The number of ether oxygens (including phenoxy) is 1. The van der Waals surface area contributed by atoms with E-state index in [-0.39, 0.29) is 17.0 Å². The van der Waals surface area contributed by atoms with E-state index in [2.05, 4.69) is 26.0 Å². The fourth-order valence-electron chi connectivity index (χ4n) is 2.46. The summed E-state index contributed by atoms with van der Waals surface area (Å²) in [6.07, 6.45) is 1.50. The number of benzene rings is 1. The number of hydrogen-bond donors (Lipinski definition) is 2. The lowest BCUT2D eigenvalue weighted by Gasteiger charge is -2.27.